The molecule has 0 saturated carbocycles. The van der Waals surface area contributed by atoms with Gasteiger partial charge in [-0.3, -0.25) is 9.59 Å². The molecule has 0 heterocycles. The fourth-order valence-electron chi connectivity index (χ4n) is 6.08. The summed E-state index contributed by atoms with van der Waals surface area (Å²) in [5.41, 5.74) is 0. The molecule has 312 valence electrons. The van der Waals surface area contributed by atoms with E-state index >= 15 is 0 Å². The minimum Gasteiger partial charge on any atom is -0.477 e. The van der Waals surface area contributed by atoms with Crippen LogP contribution in [0, 0.1) is 0 Å². The van der Waals surface area contributed by atoms with Crippen molar-refractivity contribution in [2.24, 2.45) is 0 Å². The summed E-state index contributed by atoms with van der Waals surface area (Å²) in [4.78, 5) is 36.9. The summed E-state index contributed by atoms with van der Waals surface area (Å²) in [6.45, 7) is 4.64. The first-order chi connectivity index (χ1) is 26.1. The normalized spacial score (nSPS) is 13.4. The minimum atomic E-state index is -0.884. The fraction of sp³-hybridized carbons (Fsp3) is 0.761. The lowest BCUT2D eigenvalue weighted by Gasteiger charge is -2.31. The van der Waals surface area contributed by atoms with Crippen molar-refractivity contribution in [1.29, 1.82) is 0 Å². The highest BCUT2D eigenvalue weighted by Gasteiger charge is 2.31. The van der Waals surface area contributed by atoms with Crippen LogP contribution < -0.4 is 0 Å². The van der Waals surface area contributed by atoms with Gasteiger partial charge >= 0.3 is 17.9 Å². The highest BCUT2D eigenvalue weighted by molar-refractivity contribution is 5.72. The molecule has 0 aliphatic heterocycles. The van der Waals surface area contributed by atoms with Crippen molar-refractivity contribution < 1.29 is 38.2 Å². The number of allylic oxidation sites excluding steroid dienone is 8. The zero-order chi connectivity index (χ0) is 40.0. The number of carbonyl (C=O) groups excluding carboxylic acids is 2. The van der Waals surface area contributed by atoms with Crippen LogP contribution in [0.25, 0.3) is 0 Å². The summed E-state index contributed by atoms with van der Waals surface area (Å²) in [7, 11) is 5.50. The van der Waals surface area contributed by atoms with Crippen LogP contribution in [0.4, 0.5) is 0 Å². The number of carboxylic acids is 1. The lowest BCUT2D eigenvalue weighted by Crippen LogP contribution is -2.50. The molecule has 0 aromatic carbocycles. The van der Waals surface area contributed by atoms with Crippen LogP contribution in [0.5, 0.6) is 0 Å². The topological polar surface area (TPSA) is 99.1 Å². The molecule has 0 spiro atoms. The van der Waals surface area contributed by atoms with Gasteiger partial charge in [-0.25, -0.2) is 4.79 Å². The third-order valence-electron chi connectivity index (χ3n) is 9.48. The standard InChI is InChI=1S/C46H81NO7/c1-6-8-10-12-14-16-18-20-21-22-23-25-27-29-31-33-35-37-45(49)54-42(40-52-39-38-43(46(50)51)47(3,4)5)41-53-44(48)36-34-32-30-28-26-24-19-17-15-13-11-9-7-2/h14,16,20-21,23,25,29,31,42-43H,6-13,15,17-19,22,24,26-28,30,32-41H2,1-5H3/p+1/b16-14-,21-20-,25-23-,31-29-/t42-,43?/m0/s1. The third-order valence-corrected chi connectivity index (χ3v) is 9.48. The molecule has 0 fully saturated rings. The molecule has 0 rings (SSSR count). The van der Waals surface area contributed by atoms with Crippen molar-refractivity contribution in [3.63, 3.8) is 0 Å². The Hall–Kier alpha value is -2.71. The molecule has 0 aliphatic rings. The second kappa shape index (κ2) is 37.2. The van der Waals surface area contributed by atoms with Gasteiger partial charge in [-0.15, -0.1) is 0 Å². The zero-order valence-corrected chi connectivity index (χ0v) is 35.4. The van der Waals surface area contributed by atoms with Crippen molar-refractivity contribution in [2.45, 2.75) is 187 Å². The zero-order valence-electron chi connectivity index (χ0n) is 35.4. The molecule has 0 saturated heterocycles. The smallest absolute Gasteiger partial charge is 0.362 e. The van der Waals surface area contributed by atoms with E-state index in [1.807, 2.05) is 21.1 Å². The van der Waals surface area contributed by atoms with E-state index in [4.69, 9.17) is 14.2 Å². The summed E-state index contributed by atoms with van der Waals surface area (Å²) in [5.74, 6) is -1.54. The van der Waals surface area contributed by atoms with Crippen molar-refractivity contribution in [2.75, 3.05) is 41.0 Å². The van der Waals surface area contributed by atoms with Gasteiger partial charge in [0.2, 0.25) is 0 Å². The molecular weight excluding hydrogens is 679 g/mol. The maximum absolute atomic E-state index is 12.7. The number of esters is 2. The van der Waals surface area contributed by atoms with Crippen LogP contribution in [0.2, 0.25) is 0 Å². The predicted octanol–water partition coefficient (Wildman–Crippen LogP) is 11.6. The average molecular weight is 761 g/mol. The second-order valence-corrected chi connectivity index (χ2v) is 15.6. The van der Waals surface area contributed by atoms with E-state index < -0.39 is 18.1 Å². The van der Waals surface area contributed by atoms with E-state index in [1.54, 1.807) is 0 Å². The Kier molecular flexibility index (Phi) is 35.4. The quantitative estimate of drug-likeness (QED) is 0.0289. The number of hydrogen-bond donors (Lipinski definition) is 1. The lowest BCUT2D eigenvalue weighted by molar-refractivity contribution is -0.887. The van der Waals surface area contributed by atoms with Gasteiger partial charge in [0.05, 0.1) is 34.4 Å². The van der Waals surface area contributed by atoms with Crippen LogP contribution in [0.3, 0.4) is 0 Å². The Bertz CT molecular complexity index is 1030. The first-order valence-electron chi connectivity index (χ1n) is 21.7. The van der Waals surface area contributed by atoms with Crippen molar-refractivity contribution >= 4 is 17.9 Å². The lowest BCUT2D eigenvalue weighted by atomic mass is 10.0. The molecule has 8 nitrogen and oxygen atoms in total. The number of rotatable bonds is 38. The highest BCUT2D eigenvalue weighted by atomic mass is 16.6. The molecule has 0 radical (unpaired) electrons. The number of carboxylic acid groups (broad SMARTS) is 1. The maximum atomic E-state index is 12.7. The number of quaternary nitrogens is 1. The van der Waals surface area contributed by atoms with Crippen LogP contribution in [0.15, 0.2) is 48.6 Å². The molecule has 0 aromatic rings. The minimum absolute atomic E-state index is 0.0401. The largest absolute Gasteiger partial charge is 0.477 e. The van der Waals surface area contributed by atoms with Crippen LogP contribution in [-0.2, 0) is 28.6 Å². The molecule has 0 bridgehead atoms. The molecule has 0 amide bonds. The first kappa shape index (κ1) is 51.3. The van der Waals surface area contributed by atoms with Gasteiger partial charge in [0, 0.05) is 19.3 Å². The van der Waals surface area contributed by atoms with Gasteiger partial charge in [0.25, 0.3) is 0 Å². The summed E-state index contributed by atoms with van der Waals surface area (Å²) < 4.78 is 17.2. The molecular formula is C46H82NO7+. The molecule has 1 N–H and O–H groups in total. The Morgan fingerprint density at radius 2 is 1.00 bits per heavy atom. The number of unbranched alkanes of at least 4 members (excludes halogenated alkanes) is 16. The highest BCUT2D eigenvalue weighted by Crippen LogP contribution is 2.14. The van der Waals surface area contributed by atoms with E-state index in [9.17, 15) is 19.5 Å². The van der Waals surface area contributed by atoms with Gasteiger partial charge in [0.1, 0.15) is 6.61 Å². The summed E-state index contributed by atoms with van der Waals surface area (Å²) in [6.07, 6.45) is 43.0. The van der Waals surface area contributed by atoms with Crippen molar-refractivity contribution in [1.82, 2.24) is 0 Å². The molecule has 0 aliphatic carbocycles. The number of ether oxygens (including phenoxy) is 3. The SMILES string of the molecule is CCCCC/C=C\C/C=C\C/C=C\C/C=C\CCCC(=O)O[C@@H](COCCC(C(=O)O)[N+](C)(C)C)COC(=O)CCCCCCCCCCCCCCC. The first-order valence-corrected chi connectivity index (χ1v) is 21.7. The van der Waals surface area contributed by atoms with Crippen LogP contribution >= 0.6 is 0 Å². The maximum Gasteiger partial charge on any atom is 0.362 e. The monoisotopic (exact) mass is 761 g/mol. The van der Waals surface area contributed by atoms with E-state index in [0.29, 0.717) is 19.3 Å². The molecule has 8 heteroatoms. The van der Waals surface area contributed by atoms with Crippen LogP contribution in [0.1, 0.15) is 174 Å². The van der Waals surface area contributed by atoms with Gasteiger partial charge in [-0.05, 0) is 51.4 Å². The summed E-state index contributed by atoms with van der Waals surface area (Å²) in [5, 5.41) is 9.61. The van der Waals surface area contributed by atoms with E-state index in [-0.39, 0.29) is 42.7 Å². The Labute approximate surface area is 331 Å². The molecule has 54 heavy (non-hydrogen) atoms. The number of nitrogens with zero attached hydrogens (tertiary/aromatic N) is 1. The fourth-order valence-corrected chi connectivity index (χ4v) is 6.08. The van der Waals surface area contributed by atoms with E-state index in [1.165, 1.54) is 89.9 Å². The Morgan fingerprint density at radius 1 is 0.556 bits per heavy atom. The molecule has 2 atom stereocenters. The van der Waals surface area contributed by atoms with Gasteiger partial charge in [-0.2, -0.15) is 0 Å². The van der Waals surface area contributed by atoms with Crippen molar-refractivity contribution in [3.8, 4) is 0 Å². The third kappa shape index (κ3) is 35.0. The number of likely N-dealkylation sites (N-methyl/N-ethyl adjacent to an activating group) is 1. The Morgan fingerprint density at radius 3 is 1.50 bits per heavy atom. The summed E-state index contributed by atoms with van der Waals surface area (Å²) in [6, 6.07) is -0.623. The average Bonchev–Trinajstić information content (AvgIpc) is 3.12. The number of hydrogen-bond acceptors (Lipinski definition) is 6. The second-order valence-electron chi connectivity index (χ2n) is 15.6. The van der Waals surface area contributed by atoms with E-state index in [2.05, 4.69) is 62.5 Å². The van der Waals surface area contributed by atoms with Gasteiger partial charge in [0.15, 0.2) is 12.1 Å². The van der Waals surface area contributed by atoms with Crippen molar-refractivity contribution in [3.05, 3.63) is 48.6 Å². The summed E-state index contributed by atoms with van der Waals surface area (Å²) >= 11 is 0. The molecule has 1 unspecified atom stereocenters. The number of aliphatic carboxylic acids is 1. The van der Waals surface area contributed by atoms with Gasteiger partial charge in [-0.1, -0.05) is 152 Å². The predicted molar refractivity (Wildman–Crippen MR) is 224 cm³/mol. The Balaban J connectivity index is 4.46. The van der Waals surface area contributed by atoms with E-state index in [0.717, 1.165) is 44.9 Å². The van der Waals surface area contributed by atoms with Crippen LogP contribution in [-0.4, -0.2) is 80.6 Å². The number of carbonyl (C=O) groups is 3. The molecule has 0 aromatic heterocycles. The van der Waals surface area contributed by atoms with Gasteiger partial charge < -0.3 is 23.8 Å².